The largest absolute Gasteiger partial charge is 0.452 e. The fraction of sp³-hybridized carbons (Fsp3) is 0.250. The van der Waals surface area contributed by atoms with E-state index in [1.54, 1.807) is 24.3 Å². The Hall–Kier alpha value is -3.13. The van der Waals surface area contributed by atoms with Crippen molar-refractivity contribution in [3.8, 4) is 6.07 Å². The summed E-state index contributed by atoms with van der Waals surface area (Å²) in [4.78, 5) is 24.1. The number of anilines is 1. The number of nitrogens with zero attached hydrogens (tertiary/aromatic N) is 1. The molecule has 0 saturated heterocycles. The molecular weight excluding hydrogens is 316 g/mol. The number of ether oxygens (including phenoxy) is 1. The molecule has 0 spiro atoms. The lowest BCUT2D eigenvalue weighted by atomic mass is 10.0. The highest BCUT2D eigenvalue weighted by atomic mass is 16.5. The summed E-state index contributed by atoms with van der Waals surface area (Å²) in [7, 11) is 0. The Labute approximate surface area is 147 Å². The van der Waals surface area contributed by atoms with E-state index in [9.17, 15) is 9.59 Å². The molecule has 2 aromatic rings. The molecule has 1 N–H and O–H groups in total. The Morgan fingerprint density at radius 1 is 1.12 bits per heavy atom. The van der Waals surface area contributed by atoms with Crippen molar-refractivity contribution >= 4 is 17.6 Å². The van der Waals surface area contributed by atoms with Crippen molar-refractivity contribution in [2.75, 3.05) is 5.32 Å². The third-order valence-corrected chi connectivity index (χ3v) is 3.88. The van der Waals surface area contributed by atoms with Crippen LogP contribution in [-0.4, -0.2) is 18.0 Å². The number of carbonyl (C=O) groups is 2. The number of aryl methyl sites for hydroxylation is 2. The maximum atomic E-state index is 12.1. The van der Waals surface area contributed by atoms with Crippen LogP contribution in [0.5, 0.6) is 0 Å². The molecule has 0 aliphatic carbocycles. The highest BCUT2D eigenvalue weighted by Gasteiger charge is 2.18. The molecule has 0 bridgehead atoms. The summed E-state index contributed by atoms with van der Waals surface area (Å²) in [6, 6.07) is 14.2. The standard InChI is InChI=1S/C20H20N2O3/c1-13-4-5-17(10-14(13)2)11-19(23)25-15(3)20(24)22-18-8-6-16(12-21)7-9-18/h4-10,15H,11H2,1-3H3,(H,22,24)/t15-/m1/s1. The van der Waals surface area contributed by atoms with E-state index in [1.807, 2.05) is 38.1 Å². The Bertz CT molecular complexity index is 820. The van der Waals surface area contributed by atoms with Gasteiger partial charge in [0.2, 0.25) is 0 Å². The maximum Gasteiger partial charge on any atom is 0.311 e. The quantitative estimate of drug-likeness (QED) is 0.850. The number of amides is 1. The summed E-state index contributed by atoms with van der Waals surface area (Å²) in [5.41, 5.74) is 4.17. The average molecular weight is 336 g/mol. The fourth-order valence-electron chi connectivity index (χ4n) is 2.24. The van der Waals surface area contributed by atoms with E-state index in [2.05, 4.69) is 5.32 Å². The fourth-order valence-corrected chi connectivity index (χ4v) is 2.24. The molecule has 2 rings (SSSR count). The van der Waals surface area contributed by atoms with Crippen molar-refractivity contribution in [2.45, 2.75) is 33.3 Å². The second-order valence-corrected chi connectivity index (χ2v) is 5.91. The molecule has 0 unspecified atom stereocenters. The summed E-state index contributed by atoms with van der Waals surface area (Å²) in [6.45, 7) is 5.52. The lowest BCUT2D eigenvalue weighted by molar-refractivity contribution is -0.152. The number of esters is 1. The van der Waals surface area contributed by atoms with Gasteiger partial charge in [-0.05, 0) is 61.7 Å². The Morgan fingerprint density at radius 2 is 1.80 bits per heavy atom. The van der Waals surface area contributed by atoms with Gasteiger partial charge >= 0.3 is 5.97 Å². The minimum Gasteiger partial charge on any atom is -0.452 e. The Balaban J connectivity index is 1.89. The van der Waals surface area contributed by atoms with Crippen molar-refractivity contribution in [3.05, 3.63) is 64.7 Å². The van der Waals surface area contributed by atoms with E-state index in [-0.39, 0.29) is 6.42 Å². The van der Waals surface area contributed by atoms with Crippen LogP contribution in [-0.2, 0) is 20.7 Å². The van der Waals surface area contributed by atoms with Crippen molar-refractivity contribution in [2.24, 2.45) is 0 Å². The lowest BCUT2D eigenvalue weighted by Gasteiger charge is -2.14. The van der Waals surface area contributed by atoms with Crippen LogP contribution in [0.4, 0.5) is 5.69 Å². The summed E-state index contributed by atoms with van der Waals surface area (Å²) in [5.74, 6) is -0.871. The molecule has 0 heterocycles. The van der Waals surface area contributed by atoms with Gasteiger partial charge in [0.25, 0.3) is 5.91 Å². The summed E-state index contributed by atoms with van der Waals surface area (Å²) in [6.07, 6.45) is -0.787. The highest BCUT2D eigenvalue weighted by Crippen LogP contribution is 2.12. The van der Waals surface area contributed by atoms with Gasteiger partial charge in [-0.2, -0.15) is 5.26 Å². The van der Waals surface area contributed by atoms with Gasteiger partial charge in [-0.15, -0.1) is 0 Å². The first-order valence-corrected chi connectivity index (χ1v) is 7.95. The van der Waals surface area contributed by atoms with Crippen LogP contribution in [0, 0.1) is 25.2 Å². The van der Waals surface area contributed by atoms with Crippen LogP contribution in [0.1, 0.15) is 29.2 Å². The molecule has 0 saturated carbocycles. The first-order valence-electron chi connectivity index (χ1n) is 7.95. The number of hydrogen-bond donors (Lipinski definition) is 1. The Morgan fingerprint density at radius 3 is 2.40 bits per heavy atom. The van der Waals surface area contributed by atoms with E-state index in [4.69, 9.17) is 10.00 Å². The molecule has 128 valence electrons. The van der Waals surface area contributed by atoms with Gasteiger partial charge in [-0.25, -0.2) is 0 Å². The van der Waals surface area contributed by atoms with Crippen LogP contribution < -0.4 is 5.32 Å². The summed E-state index contributed by atoms with van der Waals surface area (Å²) >= 11 is 0. The second kappa shape index (κ2) is 8.11. The van der Waals surface area contributed by atoms with Gasteiger partial charge in [0.05, 0.1) is 18.1 Å². The van der Waals surface area contributed by atoms with Gasteiger partial charge in [0.15, 0.2) is 6.10 Å². The predicted octanol–water partition coefficient (Wildman–Crippen LogP) is 3.29. The van der Waals surface area contributed by atoms with E-state index < -0.39 is 18.0 Å². The van der Waals surface area contributed by atoms with Crippen molar-refractivity contribution in [1.82, 2.24) is 0 Å². The Kier molecular flexibility index (Phi) is 5.91. The number of carbonyl (C=O) groups excluding carboxylic acids is 2. The van der Waals surface area contributed by atoms with Crippen LogP contribution in [0.25, 0.3) is 0 Å². The first-order chi connectivity index (χ1) is 11.9. The first kappa shape index (κ1) is 18.2. The number of hydrogen-bond acceptors (Lipinski definition) is 4. The molecule has 25 heavy (non-hydrogen) atoms. The zero-order chi connectivity index (χ0) is 18.4. The molecule has 2 aromatic carbocycles. The predicted molar refractivity (Wildman–Crippen MR) is 95.0 cm³/mol. The van der Waals surface area contributed by atoms with Gasteiger partial charge in [-0.1, -0.05) is 18.2 Å². The normalized spacial score (nSPS) is 11.3. The van der Waals surface area contributed by atoms with Gasteiger partial charge in [0, 0.05) is 5.69 Å². The molecule has 0 radical (unpaired) electrons. The van der Waals surface area contributed by atoms with Crippen LogP contribution in [0.2, 0.25) is 0 Å². The third-order valence-electron chi connectivity index (χ3n) is 3.88. The maximum absolute atomic E-state index is 12.1. The molecule has 5 nitrogen and oxygen atoms in total. The monoisotopic (exact) mass is 336 g/mol. The lowest BCUT2D eigenvalue weighted by Crippen LogP contribution is -2.30. The van der Waals surface area contributed by atoms with E-state index in [1.165, 1.54) is 6.92 Å². The third kappa shape index (κ3) is 5.18. The SMILES string of the molecule is Cc1ccc(CC(=O)O[C@H](C)C(=O)Nc2ccc(C#N)cc2)cc1C. The molecule has 0 fully saturated rings. The molecule has 0 aromatic heterocycles. The minimum atomic E-state index is -0.908. The summed E-state index contributed by atoms with van der Waals surface area (Å²) < 4.78 is 5.20. The highest BCUT2D eigenvalue weighted by molar-refractivity contribution is 5.95. The van der Waals surface area contributed by atoms with Gasteiger partial charge in [-0.3, -0.25) is 9.59 Å². The zero-order valence-electron chi connectivity index (χ0n) is 14.5. The molecule has 0 aliphatic rings. The van der Waals surface area contributed by atoms with E-state index in [0.717, 1.165) is 16.7 Å². The zero-order valence-corrected chi connectivity index (χ0v) is 14.5. The smallest absolute Gasteiger partial charge is 0.311 e. The minimum absolute atomic E-state index is 0.121. The number of nitrogens with one attached hydrogen (secondary N) is 1. The van der Waals surface area contributed by atoms with Gasteiger partial charge in [0.1, 0.15) is 0 Å². The van der Waals surface area contributed by atoms with E-state index in [0.29, 0.717) is 11.3 Å². The topological polar surface area (TPSA) is 79.2 Å². The van der Waals surface area contributed by atoms with Gasteiger partial charge < -0.3 is 10.1 Å². The van der Waals surface area contributed by atoms with Crippen LogP contribution >= 0.6 is 0 Å². The molecule has 0 aliphatic heterocycles. The number of nitriles is 1. The molecule has 5 heteroatoms. The van der Waals surface area contributed by atoms with E-state index >= 15 is 0 Å². The van der Waals surface area contributed by atoms with Crippen molar-refractivity contribution in [1.29, 1.82) is 5.26 Å². The number of benzene rings is 2. The number of rotatable bonds is 5. The molecular formula is C20H20N2O3. The molecule has 1 amide bonds. The van der Waals surface area contributed by atoms with Crippen LogP contribution in [0.3, 0.4) is 0 Å². The summed E-state index contributed by atoms with van der Waals surface area (Å²) in [5, 5.41) is 11.4. The molecule has 1 atom stereocenters. The van der Waals surface area contributed by atoms with Crippen molar-refractivity contribution in [3.63, 3.8) is 0 Å². The average Bonchev–Trinajstić information content (AvgIpc) is 2.58. The van der Waals surface area contributed by atoms with Crippen molar-refractivity contribution < 1.29 is 14.3 Å². The van der Waals surface area contributed by atoms with Crippen LogP contribution in [0.15, 0.2) is 42.5 Å². The second-order valence-electron chi connectivity index (χ2n) is 5.91.